The lowest BCUT2D eigenvalue weighted by Crippen LogP contribution is -2.25. The highest BCUT2D eigenvalue weighted by Crippen LogP contribution is 2.37. The van der Waals surface area contributed by atoms with Crippen molar-refractivity contribution in [3.63, 3.8) is 0 Å². The molecule has 1 atom stereocenters. The van der Waals surface area contributed by atoms with Crippen molar-refractivity contribution in [3.05, 3.63) is 42.0 Å². The Morgan fingerprint density at radius 2 is 2.00 bits per heavy atom. The zero-order chi connectivity index (χ0) is 24.2. The minimum atomic E-state index is -2.84. The SMILES string of the molecule is CNC(=O)c1ccc(-c2cc([C@H]3CC[C@H](O)CC3)n3nc(N[C@@H](C)COC(F)F)ncc23)cn1. The average molecular weight is 475 g/mol. The maximum absolute atomic E-state index is 12.4. The summed E-state index contributed by atoms with van der Waals surface area (Å²) >= 11 is 0. The molecule has 0 bridgehead atoms. The van der Waals surface area contributed by atoms with Gasteiger partial charge in [-0.25, -0.2) is 9.50 Å². The van der Waals surface area contributed by atoms with Crippen LogP contribution in [0.5, 0.6) is 0 Å². The number of pyridine rings is 1. The zero-order valence-corrected chi connectivity index (χ0v) is 19.0. The van der Waals surface area contributed by atoms with Crippen molar-refractivity contribution in [3.8, 4) is 11.1 Å². The molecular weight excluding hydrogens is 446 g/mol. The third-order valence-corrected chi connectivity index (χ3v) is 6.04. The fraction of sp³-hybridized carbons (Fsp3) is 0.478. The predicted molar refractivity (Wildman–Crippen MR) is 122 cm³/mol. The van der Waals surface area contributed by atoms with Crippen LogP contribution in [0.3, 0.4) is 0 Å². The van der Waals surface area contributed by atoms with Crippen molar-refractivity contribution >= 4 is 17.4 Å². The van der Waals surface area contributed by atoms with E-state index in [2.05, 4.69) is 36.5 Å². The number of fused-ring (bicyclic) bond motifs is 1. The Morgan fingerprint density at radius 3 is 2.65 bits per heavy atom. The second-order valence-electron chi connectivity index (χ2n) is 8.52. The number of aliphatic hydroxyl groups is 1. The molecule has 0 saturated heterocycles. The maximum atomic E-state index is 12.4. The highest BCUT2D eigenvalue weighted by molar-refractivity contribution is 5.92. The number of hydrogen-bond donors (Lipinski definition) is 3. The van der Waals surface area contributed by atoms with Crippen molar-refractivity contribution in [1.29, 1.82) is 0 Å². The molecule has 3 aromatic rings. The van der Waals surface area contributed by atoms with E-state index in [0.717, 1.165) is 35.2 Å². The minimum Gasteiger partial charge on any atom is -0.393 e. The Kier molecular flexibility index (Phi) is 7.32. The number of amides is 1. The molecule has 1 amide bonds. The van der Waals surface area contributed by atoms with Gasteiger partial charge in [-0.1, -0.05) is 6.07 Å². The lowest BCUT2D eigenvalue weighted by Gasteiger charge is -2.25. The first-order valence-corrected chi connectivity index (χ1v) is 11.3. The Morgan fingerprint density at radius 1 is 1.24 bits per heavy atom. The van der Waals surface area contributed by atoms with Crippen molar-refractivity contribution in [2.24, 2.45) is 0 Å². The highest BCUT2D eigenvalue weighted by Gasteiger charge is 2.26. The second kappa shape index (κ2) is 10.4. The molecule has 1 saturated carbocycles. The van der Waals surface area contributed by atoms with E-state index in [-0.39, 0.29) is 24.5 Å². The normalized spacial score (nSPS) is 19.4. The number of nitrogens with zero attached hydrogens (tertiary/aromatic N) is 4. The summed E-state index contributed by atoms with van der Waals surface area (Å²) in [6.07, 6.45) is 6.12. The summed E-state index contributed by atoms with van der Waals surface area (Å²) in [6.45, 7) is -1.32. The molecule has 1 aliphatic carbocycles. The molecular formula is C23H28F2N6O3. The van der Waals surface area contributed by atoms with Crippen LogP contribution in [-0.2, 0) is 4.74 Å². The molecule has 1 fully saturated rings. The van der Waals surface area contributed by atoms with Crippen molar-refractivity contribution in [2.45, 2.75) is 57.3 Å². The number of carbonyl (C=O) groups is 1. The van der Waals surface area contributed by atoms with Crippen LogP contribution in [0.4, 0.5) is 14.7 Å². The molecule has 11 heteroatoms. The number of ether oxygens (including phenoxy) is 1. The van der Waals surface area contributed by atoms with Crippen molar-refractivity contribution in [2.75, 3.05) is 19.0 Å². The fourth-order valence-electron chi connectivity index (χ4n) is 4.27. The number of alkyl halides is 2. The fourth-order valence-corrected chi connectivity index (χ4v) is 4.27. The van der Waals surface area contributed by atoms with Crippen LogP contribution in [0, 0.1) is 0 Å². The molecule has 9 nitrogen and oxygen atoms in total. The van der Waals surface area contributed by atoms with Crippen LogP contribution < -0.4 is 10.6 Å². The topological polar surface area (TPSA) is 114 Å². The van der Waals surface area contributed by atoms with Gasteiger partial charge in [0.25, 0.3) is 5.91 Å². The van der Waals surface area contributed by atoms with Gasteiger partial charge in [-0.15, -0.1) is 5.10 Å². The molecule has 0 aromatic carbocycles. The number of halogens is 2. The van der Waals surface area contributed by atoms with Crippen molar-refractivity contribution in [1.82, 2.24) is 24.9 Å². The molecule has 3 aromatic heterocycles. The van der Waals surface area contributed by atoms with E-state index in [1.807, 2.05) is 10.6 Å². The standard InChI is InChI=1S/C23H28F2N6O3/c1-13(12-34-22(24)25)29-23-28-11-20-17(15-5-8-18(27-10-15)21(33)26-2)9-19(31(20)30-23)14-3-6-16(32)7-4-14/h5,8-11,13-14,16,22,32H,3-4,6-7,12H2,1-2H3,(H,26,33)(H,29,30)/t13-,14-,16-/m0/s1. The Labute approximate surface area is 195 Å². The van der Waals surface area contributed by atoms with Crippen LogP contribution >= 0.6 is 0 Å². The molecule has 3 heterocycles. The van der Waals surface area contributed by atoms with Gasteiger partial charge in [-0.2, -0.15) is 8.78 Å². The summed E-state index contributed by atoms with van der Waals surface area (Å²) in [7, 11) is 1.55. The number of rotatable bonds is 8. The Balaban J connectivity index is 1.69. The third kappa shape index (κ3) is 5.31. The van der Waals surface area contributed by atoms with Gasteiger partial charge in [0.15, 0.2) is 0 Å². The molecule has 34 heavy (non-hydrogen) atoms. The van der Waals surface area contributed by atoms with E-state index >= 15 is 0 Å². The Hall–Kier alpha value is -3.18. The van der Waals surface area contributed by atoms with Crippen molar-refractivity contribution < 1.29 is 23.4 Å². The first-order valence-electron chi connectivity index (χ1n) is 11.3. The van der Waals surface area contributed by atoms with Gasteiger partial charge in [0.05, 0.1) is 24.4 Å². The quantitative estimate of drug-likeness (QED) is 0.459. The van der Waals surface area contributed by atoms with E-state index in [9.17, 15) is 18.7 Å². The molecule has 0 unspecified atom stereocenters. The first-order chi connectivity index (χ1) is 16.4. The smallest absolute Gasteiger partial charge is 0.345 e. The van der Waals surface area contributed by atoms with E-state index in [4.69, 9.17) is 0 Å². The third-order valence-electron chi connectivity index (χ3n) is 6.04. The van der Waals surface area contributed by atoms with Gasteiger partial charge >= 0.3 is 6.61 Å². The average Bonchev–Trinajstić information content (AvgIpc) is 3.21. The van der Waals surface area contributed by atoms with E-state index in [1.54, 1.807) is 32.4 Å². The van der Waals surface area contributed by atoms with Gasteiger partial charge in [0, 0.05) is 42.0 Å². The van der Waals surface area contributed by atoms with Crippen LogP contribution in [0.2, 0.25) is 0 Å². The molecule has 1 aliphatic rings. The lowest BCUT2D eigenvalue weighted by atomic mass is 9.85. The van der Waals surface area contributed by atoms with Gasteiger partial charge < -0.3 is 20.5 Å². The first kappa shape index (κ1) is 24.0. The summed E-state index contributed by atoms with van der Waals surface area (Å²) < 4.78 is 30.9. The number of aliphatic hydroxyl groups excluding tert-OH is 1. The predicted octanol–water partition coefficient (Wildman–Crippen LogP) is 3.21. The van der Waals surface area contributed by atoms with Crippen LogP contribution in [0.1, 0.15) is 54.7 Å². The minimum absolute atomic E-state index is 0.188. The summed E-state index contributed by atoms with van der Waals surface area (Å²) in [5, 5.41) is 20.1. The largest absolute Gasteiger partial charge is 0.393 e. The Bertz CT molecular complexity index is 1130. The zero-order valence-electron chi connectivity index (χ0n) is 19.0. The van der Waals surface area contributed by atoms with E-state index in [0.29, 0.717) is 24.5 Å². The summed E-state index contributed by atoms with van der Waals surface area (Å²) in [6, 6.07) is 5.12. The number of aromatic nitrogens is 4. The highest BCUT2D eigenvalue weighted by atomic mass is 19.3. The number of nitrogens with one attached hydrogen (secondary N) is 2. The van der Waals surface area contributed by atoms with Gasteiger partial charge in [0.2, 0.25) is 5.95 Å². The van der Waals surface area contributed by atoms with Crippen LogP contribution in [0.15, 0.2) is 30.6 Å². The van der Waals surface area contributed by atoms with E-state index in [1.165, 1.54) is 0 Å². The molecule has 182 valence electrons. The maximum Gasteiger partial charge on any atom is 0.345 e. The van der Waals surface area contributed by atoms with Crippen LogP contribution in [-0.4, -0.2) is 63.0 Å². The number of anilines is 1. The van der Waals surface area contributed by atoms with Crippen LogP contribution in [0.25, 0.3) is 16.6 Å². The molecule has 0 radical (unpaired) electrons. The molecule has 3 N–H and O–H groups in total. The van der Waals surface area contributed by atoms with E-state index < -0.39 is 12.7 Å². The lowest BCUT2D eigenvalue weighted by molar-refractivity contribution is -0.130. The monoisotopic (exact) mass is 474 g/mol. The van der Waals surface area contributed by atoms with Gasteiger partial charge in [-0.05, 0) is 44.7 Å². The number of hydrogen-bond acceptors (Lipinski definition) is 7. The second-order valence-corrected chi connectivity index (χ2v) is 8.52. The van der Waals surface area contributed by atoms with Gasteiger partial charge in [0.1, 0.15) is 5.69 Å². The molecule has 4 rings (SSSR count). The number of carbonyl (C=O) groups excluding carboxylic acids is 1. The summed E-state index contributed by atoms with van der Waals surface area (Å²) in [4.78, 5) is 20.5. The molecule has 0 aliphatic heterocycles. The molecule has 0 spiro atoms. The summed E-state index contributed by atoms with van der Waals surface area (Å²) in [5.74, 6) is 0.231. The van der Waals surface area contributed by atoms with Gasteiger partial charge in [-0.3, -0.25) is 9.78 Å². The summed E-state index contributed by atoms with van der Waals surface area (Å²) in [5.41, 5.74) is 3.75.